The zero-order valence-electron chi connectivity index (χ0n) is 21.5. The summed E-state index contributed by atoms with van der Waals surface area (Å²) in [6.07, 6.45) is 0.468. The lowest BCUT2D eigenvalue weighted by atomic mass is 9.80. The molecular weight excluding hydrogens is 492 g/mol. The van der Waals surface area contributed by atoms with Crippen molar-refractivity contribution in [3.05, 3.63) is 58.8 Å². The molecule has 5 rings (SSSR count). The summed E-state index contributed by atoms with van der Waals surface area (Å²) in [6.45, 7) is 5.72. The number of likely N-dealkylation sites (N-methyl/N-ethyl adjacent to an activating group) is 2. The topological polar surface area (TPSA) is 139 Å². The fraction of sp³-hybridized carbons (Fsp3) is 0.370. The molecule has 2 aliphatic heterocycles. The van der Waals surface area contributed by atoms with Crippen molar-refractivity contribution in [1.29, 1.82) is 0 Å². The molecule has 0 spiro atoms. The zero-order chi connectivity index (χ0) is 27.6. The monoisotopic (exact) mass is 524 g/mol. The van der Waals surface area contributed by atoms with Crippen molar-refractivity contribution in [1.82, 2.24) is 0 Å². The van der Waals surface area contributed by atoms with E-state index in [1.807, 2.05) is 0 Å². The number of phenols is 2. The van der Waals surface area contributed by atoms with Gasteiger partial charge in [-0.2, -0.15) is 9.29 Å². The summed E-state index contributed by atoms with van der Waals surface area (Å²) in [5.74, 6) is -2.56. The van der Waals surface area contributed by atoms with Crippen LogP contribution in [0.4, 0.5) is 11.4 Å². The summed E-state index contributed by atoms with van der Waals surface area (Å²) in [7, 11) is 3.28. The first-order valence-corrected chi connectivity index (χ1v) is 12.5. The summed E-state index contributed by atoms with van der Waals surface area (Å²) < 4.78 is -0.598. The van der Waals surface area contributed by atoms with E-state index in [4.69, 9.17) is 0 Å². The minimum Gasteiger partial charge on any atom is -0.507 e. The molecule has 0 saturated carbocycles. The van der Waals surface area contributed by atoms with Gasteiger partial charge in [-0.25, -0.2) is 10.4 Å². The van der Waals surface area contributed by atoms with Crippen LogP contribution in [-0.4, -0.2) is 101 Å². The first-order chi connectivity index (χ1) is 17.8. The van der Waals surface area contributed by atoms with Gasteiger partial charge >= 0.3 is 0 Å². The molecule has 2 saturated heterocycles. The van der Waals surface area contributed by atoms with E-state index in [1.54, 1.807) is 31.1 Å². The van der Waals surface area contributed by atoms with Crippen LogP contribution in [0.3, 0.4) is 0 Å². The average Bonchev–Trinajstić information content (AvgIpc) is 3.08. The van der Waals surface area contributed by atoms with Crippen LogP contribution < -0.4 is 9.80 Å². The third-order valence-electron chi connectivity index (χ3n) is 7.80. The maximum Gasteiger partial charge on any atom is 0.233 e. The van der Waals surface area contributed by atoms with E-state index in [-0.39, 0.29) is 69.2 Å². The number of carbonyl (C=O) groups excluding carboxylic acids is 3. The van der Waals surface area contributed by atoms with E-state index in [0.717, 1.165) is 12.1 Å². The fourth-order valence-electron chi connectivity index (χ4n) is 5.44. The Morgan fingerprint density at radius 1 is 0.684 bits per heavy atom. The van der Waals surface area contributed by atoms with Gasteiger partial charge in [0.05, 0.1) is 67.2 Å². The molecule has 4 N–H and O–H groups in total. The minimum atomic E-state index is -0.693. The van der Waals surface area contributed by atoms with Crippen LogP contribution >= 0.6 is 0 Å². The second kappa shape index (κ2) is 8.91. The number of aromatic hydroxyl groups is 2. The van der Waals surface area contributed by atoms with E-state index in [9.17, 15) is 35.0 Å². The standard InChI is InChI=1S/C27H30N4O7/c1-16-8-12-30(2,37)14-10-28(16)17-4-5-18(29-11-15-31(3,38)13-9-21(29)34)23-22(17)26(35)24-19(32)6-7-20(33)25(24)27(23)36/h4-7,37-38H,1,8-15H2,2-3H3/p+2. The molecule has 0 radical (unpaired) electrons. The summed E-state index contributed by atoms with van der Waals surface area (Å²) in [5.41, 5.74) is 0.529. The van der Waals surface area contributed by atoms with E-state index in [1.165, 1.54) is 4.90 Å². The number of hydrogen-bond acceptors (Lipinski definition) is 8. The lowest BCUT2D eigenvalue weighted by Gasteiger charge is -2.32. The largest absolute Gasteiger partial charge is 0.507 e. The number of hydrogen-bond donors (Lipinski definition) is 4. The average molecular weight is 525 g/mol. The third kappa shape index (κ3) is 4.23. The molecule has 200 valence electrons. The second-order valence-electron chi connectivity index (χ2n) is 10.7. The van der Waals surface area contributed by atoms with Gasteiger partial charge in [0, 0.05) is 12.1 Å². The van der Waals surface area contributed by atoms with Gasteiger partial charge in [0.2, 0.25) is 17.5 Å². The van der Waals surface area contributed by atoms with Gasteiger partial charge in [0.1, 0.15) is 37.7 Å². The van der Waals surface area contributed by atoms with Crippen LogP contribution in [0.25, 0.3) is 0 Å². The molecule has 3 aliphatic rings. The predicted molar refractivity (Wildman–Crippen MR) is 137 cm³/mol. The van der Waals surface area contributed by atoms with Crippen molar-refractivity contribution >= 4 is 28.8 Å². The number of phenolic OH excluding ortho intramolecular Hbond substituents is 2. The molecule has 0 aromatic heterocycles. The van der Waals surface area contributed by atoms with Crippen LogP contribution in [0.1, 0.15) is 44.7 Å². The molecule has 2 aromatic carbocycles. The Labute approximate surface area is 219 Å². The minimum absolute atomic E-state index is 0.00519. The molecule has 2 fully saturated rings. The highest BCUT2D eigenvalue weighted by atomic mass is 16.5. The number of quaternary nitrogens is 2. The molecule has 1 aliphatic carbocycles. The van der Waals surface area contributed by atoms with Gasteiger partial charge in [-0.05, 0) is 24.3 Å². The quantitative estimate of drug-likeness (QED) is 0.295. The number of ketones is 2. The number of carbonyl (C=O) groups is 3. The Balaban J connectivity index is 1.74. The van der Waals surface area contributed by atoms with E-state index in [2.05, 4.69) is 6.58 Å². The van der Waals surface area contributed by atoms with Gasteiger partial charge in [-0.1, -0.05) is 6.58 Å². The first-order valence-electron chi connectivity index (χ1n) is 12.5. The lowest BCUT2D eigenvalue weighted by molar-refractivity contribution is -1.09. The van der Waals surface area contributed by atoms with E-state index in [0.29, 0.717) is 37.4 Å². The van der Waals surface area contributed by atoms with Crippen molar-refractivity contribution in [3.8, 4) is 11.5 Å². The van der Waals surface area contributed by atoms with E-state index >= 15 is 0 Å². The van der Waals surface area contributed by atoms with Crippen LogP contribution in [0, 0.1) is 0 Å². The summed E-state index contributed by atoms with van der Waals surface area (Å²) in [5, 5.41) is 42.3. The third-order valence-corrected chi connectivity index (χ3v) is 7.80. The van der Waals surface area contributed by atoms with Crippen LogP contribution in [0.2, 0.25) is 0 Å². The predicted octanol–water partition coefficient (Wildman–Crippen LogP) is 2.01. The number of anilines is 2. The van der Waals surface area contributed by atoms with Gasteiger partial charge in [-0.3, -0.25) is 14.4 Å². The molecule has 2 unspecified atom stereocenters. The van der Waals surface area contributed by atoms with Crippen molar-refractivity contribution in [2.24, 2.45) is 0 Å². The molecule has 11 heteroatoms. The Morgan fingerprint density at radius 2 is 1.13 bits per heavy atom. The first kappa shape index (κ1) is 25.9. The van der Waals surface area contributed by atoms with E-state index < -0.39 is 23.1 Å². The molecule has 0 bridgehead atoms. The van der Waals surface area contributed by atoms with Gasteiger partial charge < -0.3 is 20.0 Å². The number of benzene rings is 2. The molecule has 2 atom stereocenters. The molecule has 38 heavy (non-hydrogen) atoms. The lowest BCUT2D eigenvalue weighted by Crippen LogP contribution is -2.44. The molecular formula is C27H32N4O7+2. The molecule has 2 heterocycles. The SMILES string of the molecule is C=C1CC[N+](C)(O)CCN1c1ccc(N2CC[N+](C)(O)CCC2=O)c2c1C(=O)c1c(O)ccc(O)c1C2=O. The number of amides is 1. The van der Waals surface area contributed by atoms with Crippen LogP contribution in [-0.2, 0) is 4.79 Å². The zero-order valence-corrected chi connectivity index (χ0v) is 21.5. The Kier molecular flexibility index (Phi) is 6.07. The highest BCUT2D eigenvalue weighted by Crippen LogP contribution is 2.45. The Hall–Kier alpha value is -3.77. The molecule has 1 amide bonds. The second-order valence-corrected chi connectivity index (χ2v) is 10.7. The molecule has 2 aromatic rings. The smallest absolute Gasteiger partial charge is 0.233 e. The highest BCUT2D eigenvalue weighted by Gasteiger charge is 2.42. The van der Waals surface area contributed by atoms with Gasteiger partial charge in [0.25, 0.3) is 0 Å². The van der Waals surface area contributed by atoms with Crippen molar-refractivity contribution in [2.45, 2.75) is 12.8 Å². The summed E-state index contributed by atoms with van der Waals surface area (Å²) in [6, 6.07) is 5.55. The summed E-state index contributed by atoms with van der Waals surface area (Å²) >= 11 is 0. The fourth-order valence-corrected chi connectivity index (χ4v) is 5.44. The maximum absolute atomic E-state index is 14.0. The van der Waals surface area contributed by atoms with Gasteiger partial charge in [0.15, 0.2) is 0 Å². The van der Waals surface area contributed by atoms with Gasteiger partial charge in [-0.15, -0.1) is 0 Å². The number of fused-ring (bicyclic) bond motifs is 2. The van der Waals surface area contributed by atoms with Crippen molar-refractivity contribution in [2.75, 3.05) is 63.2 Å². The normalized spacial score (nSPS) is 26.1. The van der Waals surface area contributed by atoms with Crippen LogP contribution in [0.15, 0.2) is 36.5 Å². The Bertz CT molecular complexity index is 1290. The Morgan fingerprint density at radius 3 is 1.66 bits per heavy atom. The van der Waals surface area contributed by atoms with Crippen LogP contribution in [0.5, 0.6) is 11.5 Å². The number of nitrogens with zero attached hydrogens (tertiary/aromatic N) is 4. The maximum atomic E-state index is 14.0. The number of hydroxylamine groups is 6. The van der Waals surface area contributed by atoms with Crippen molar-refractivity contribution in [3.63, 3.8) is 0 Å². The van der Waals surface area contributed by atoms with Crippen molar-refractivity contribution < 1.29 is 44.3 Å². The summed E-state index contributed by atoms with van der Waals surface area (Å²) in [4.78, 5) is 44.4. The number of rotatable bonds is 2. The molecule has 11 nitrogen and oxygen atoms in total. The highest BCUT2D eigenvalue weighted by molar-refractivity contribution is 6.34.